The molecule has 2 aliphatic rings. The molecule has 5 heterocycles. The van der Waals surface area contributed by atoms with Gasteiger partial charge in [-0.2, -0.15) is 0 Å². The quantitative estimate of drug-likeness (QED) is 0.141. The lowest BCUT2D eigenvalue weighted by molar-refractivity contribution is 0.590. The van der Waals surface area contributed by atoms with Crippen LogP contribution in [-0.4, -0.2) is 15.7 Å². The van der Waals surface area contributed by atoms with Crippen LogP contribution in [0.2, 0.25) is 0 Å². The normalized spacial score (nSPS) is 14.1. The Labute approximate surface area is 577 Å². The van der Waals surface area contributed by atoms with E-state index in [0.717, 1.165) is 150 Å². The number of para-hydroxylation sites is 4. The van der Waals surface area contributed by atoms with E-state index < -0.39 is 43.0 Å². The van der Waals surface area contributed by atoms with Gasteiger partial charge in [-0.3, -0.25) is 0 Å². The Hall–Kier alpha value is -11.7. The van der Waals surface area contributed by atoms with E-state index in [-0.39, 0.29) is 44.7 Å². The molecule has 0 radical (unpaired) electrons. The molecule has 2 aliphatic heterocycles. The van der Waals surface area contributed by atoms with Crippen LogP contribution in [0.15, 0.2) is 309 Å². The topological polar surface area (TPSA) is 15.8 Å². The lowest BCUT2D eigenvalue weighted by Crippen LogP contribution is -2.61. The summed E-state index contributed by atoms with van der Waals surface area (Å²) in [6.07, 6.45) is 0. The molecule has 5 heteroatoms. The molecule has 0 saturated heterocycles. The van der Waals surface area contributed by atoms with Crippen LogP contribution in [0.3, 0.4) is 0 Å². The summed E-state index contributed by atoms with van der Waals surface area (Å²) in [7, 11) is 0. The molecule has 4 nitrogen and oxygen atoms in total. The zero-order valence-electron chi connectivity index (χ0n) is 62.7. The maximum Gasteiger partial charge on any atom is 0.252 e. The predicted molar refractivity (Wildman–Crippen MR) is 414 cm³/mol. The highest BCUT2D eigenvalue weighted by Gasteiger charge is 2.49. The Kier molecular flexibility index (Phi) is 10.8. The van der Waals surface area contributed by atoms with Gasteiger partial charge in [0.25, 0.3) is 6.71 Å². The lowest BCUT2D eigenvalue weighted by Gasteiger charge is -2.46. The molecule has 0 atom stereocenters. The van der Waals surface area contributed by atoms with E-state index in [1.807, 2.05) is 6.07 Å². The number of aromatic nitrogens is 2. The predicted octanol–water partition coefficient (Wildman–Crippen LogP) is 22.9. The standard InChI is InChI=1S/C92H69BN4/c1-91(2,3)64-53-71(59-32-14-8-15-33-59)86(72(54-64)60-34-16-9-17-35-60)96-81-51-48-63(58-30-12-7-13-31-58)52-76(81)93-75-50-49-66(94-77-44-26-22-40-67(77)68-41-23-27-45-78(68)94)57-82(75)97(87-73(61-36-18-10-19-37-61)55-65(92(4,5)6)56-74(87)62-38-20-11-21-39-62)90-84-70-43-25-29-47-80(70)95-79-46-28-24-42-69(79)83(88(84)95)89(96)85(90)93/h7-57H,1-6H3/i22D,23D,26D,27D,40D,41D,44D,45D. The van der Waals surface area contributed by atoms with Gasteiger partial charge in [-0.05, 0) is 138 Å². The monoisotopic (exact) mass is 1250 g/mol. The van der Waals surface area contributed by atoms with Gasteiger partial charge in [0, 0.05) is 71.6 Å². The van der Waals surface area contributed by atoms with E-state index in [1.54, 1.807) is 4.57 Å². The van der Waals surface area contributed by atoms with E-state index in [2.05, 4.69) is 311 Å². The molecule has 0 saturated carbocycles. The first-order valence-corrected chi connectivity index (χ1v) is 33.5. The van der Waals surface area contributed by atoms with Crippen molar-refractivity contribution in [3.63, 3.8) is 0 Å². The molecule has 0 unspecified atom stereocenters. The molecule has 460 valence electrons. The average Bonchev–Trinajstić information content (AvgIpc) is 1.57. The van der Waals surface area contributed by atoms with Crippen LogP contribution in [0.4, 0.5) is 34.1 Å². The zero-order valence-corrected chi connectivity index (χ0v) is 54.7. The molecule has 17 aromatic rings. The van der Waals surface area contributed by atoms with Crippen LogP contribution in [0.25, 0.3) is 121 Å². The second kappa shape index (κ2) is 21.4. The van der Waals surface area contributed by atoms with Crippen molar-refractivity contribution in [2.75, 3.05) is 9.80 Å². The molecular formula is C92H69BN4. The van der Waals surface area contributed by atoms with Crippen molar-refractivity contribution >= 4 is 117 Å². The van der Waals surface area contributed by atoms with Crippen molar-refractivity contribution < 1.29 is 11.0 Å². The minimum atomic E-state index is -0.545. The summed E-state index contributed by atoms with van der Waals surface area (Å²) < 4.78 is 80.2. The Morgan fingerprint density at radius 3 is 1.16 bits per heavy atom. The first-order chi connectivity index (χ1) is 50.8. The summed E-state index contributed by atoms with van der Waals surface area (Å²) in [5, 5.41) is 4.30. The zero-order chi connectivity index (χ0) is 72.0. The molecule has 0 fully saturated rings. The van der Waals surface area contributed by atoms with E-state index in [9.17, 15) is 8.22 Å². The summed E-state index contributed by atoms with van der Waals surface area (Å²) in [4.78, 5) is 5.18. The molecule has 19 rings (SSSR count). The van der Waals surface area contributed by atoms with E-state index in [1.165, 1.54) is 5.56 Å². The minimum absolute atomic E-state index is 0.0121. The first-order valence-electron chi connectivity index (χ1n) is 37.5. The third kappa shape index (κ3) is 8.57. The second-order valence-electron chi connectivity index (χ2n) is 28.2. The molecule has 0 bridgehead atoms. The van der Waals surface area contributed by atoms with Crippen LogP contribution in [0.1, 0.15) is 63.6 Å². The highest BCUT2D eigenvalue weighted by molar-refractivity contribution is 7.01. The van der Waals surface area contributed by atoms with Crippen molar-refractivity contribution in [2.45, 2.75) is 52.4 Å². The second-order valence-corrected chi connectivity index (χ2v) is 28.2. The van der Waals surface area contributed by atoms with Gasteiger partial charge in [-0.1, -0.05) is 284 Å². The third-order valence-corrected chi connectivity index (χ3v) is 20.5. The summed E-state index contributed by atoms with van der Waals surface area (Å²) in [6.45, 7) is 13.2. The summed E-state index contributed by atoms with van der Waals surface area (Å²) >= 11 is 0. The van der Waals surface area contributed by atoms with Crippen LogP contribution < -0.4 is 26.2 Å². The molecule has 97 heavy (non-hydrogen) atoms. The summed E-state index contributed by atoms with van der Waals surface area (Å²) in [5.74, 6) is 0. The smallest absolute Gasteiger partial charge is 0.252 e. The average molecular weight is 1250 g/mol. The Balaban J connectivity index is 1.09. The van der Waals surface area contributed by atoms with Crippen LogP contribution in [0, 0.1) is 0 Å². The van der Waals surface area contributed by atoms with Crippen LogP contribution in [0.5, 0.6) is 0 Å². The minimum Gasteiger partial charge on any atom is -0.309 e. The Morgan fingerprint density at radius 2 is 0.722 bits per heavy atom. The van der Waals surface area contributed by atoms with Gasteiger partial charge < -0.3 is 18.8 Å². The number of benzene rings is 14. The number of fused-ring (bicyclic) bond motifs is 15. The molecular weight excluding hydrogens is 1170 g/mol. The van der Waals surface area contributed by atoms with Gasteiger partial charge in [0.05, 0.1) is 61.3 Å². The Bertz CT molecular complexity index is 6320. The van der Waals surface area contributed by atoms with Crippen molar-refractivity contribution in [1.82, 2.24) is 8.97 Å². The molecule has 0 N–H and O–H groups in total. The van der Waals surface area contributed by atoms with Crippen molar-refractivity contribution in [2.24, 2.45) is 0 Å². The van der Waals surface area contributed by atoms with Crippen LogP contribution >= 0.6 is 0 Å². The van der Waals surface area contributed by atoms with Gasteiger partial charge >= 0.3 is 0 Å². The highest BCUT2D eigenvalue weighted by atomic mass is 15.2. The molecule has 14 aromatic carbocycles. The number of hydrogen-bond donors (Lipinski definition) is 0. The van der Waals surface area contributed by atoms with E-state index >= 15 is 0 Å². The van der Waals surface area contributed by atoms with E-state index in [0.29, 0.717) is 5.69 Å². The maximum absolute atomic E-state index is 9.92. The molecule has 0 spiro atoms. The van der Waals surface area contributed by atoms with Gasteiger partial charge in [0.2, 0.25) is 0 Å². The van der Waals surface area contributed by atoms with Gasteiger partial charge in [-0.15, -0.1) is 0 Å². The molecule has 0 amide bonds. The van der Waals surface area contributed by atoms with Crippen LogP contribution in [-0.2, 0) is 10.8 Å². The fourth-order valence-electron chi connectivity index (χ4n) is 16.1. The number of anilines is 6. The summed E-state index contributed by atoms with van der Waals surface area (Å²) in [5.41, 5.74) is 24.4. The fourth-order valence-corrected chi connectivity index (χ4v) is 16.1. The van der Waals surface area contributed by atoms with Crippen molar-refractivity contribution in [3.05, 3.63) is 320 Å². The number of hydrogen-bond acceptors (Lipinski definition) is 2. The van der Waals surface area contributed by atoms with Gasteiger partial charge in [0.15, 0.2) is 0 Å². The van der Waals surface area contributed by atoms with Gasteiger partial charge in [-0.25, -0.2) is 0 Å². The van der Waals surface area contributed by atoms with E-state index in [4.69, 9.17) is 2.74 Å². The van der Waals surface area contributed by atoms with Crippen molar-refractivity contribution in [1.29, 1.82) is 0 Å². The highest BCUT2D eigenvalue weighted by Crippen LogP contribution is 2.60. The number of rotatable bonds is 8. The number of nitrogens with zero attached hydrogens (tertiary/aromatic N) is 4. The lowest BCUT2D eigenvalue weighted by atomic mass is 9.33. The Morgan fingerprint density at radius 1 is 0.320 bits per heavy atom. The van der Waals surface area contributed by atoms with Gasteiger partial charge in [0.1, 0.15) is 0 Å². The first kappa shape index (κ1) is 49.0. The summed E-state index contributed by atoms with van der Waals surface area (Å²) in [6, 6.07) is 91.0. The molecule has 0 aliphatic carbocycles. The van der Waals surface area contributed by atoms with Crippen molar-refractivity contribution in [3.8, 4) is 61.3 Å². The SMILES string of the molecule is [2H]c1c([2H])c([2H])c2c(c1[2H])c1c([2H])c([2H])c([2H])c([2H])c1n2-c1ccc2c(c1)N(c1c(-c3ccccc3)cc(C(C)(C)C)cc1-c1ccccc1)c1c3c(c4c5ccccc5n5c6ccccc6c1c45)N(c1c(-c4ccccc4)cc(C(C)(C)C)cc1-c1ccccc1)c1ccc(-c4ccccc4)cc1B23. The largest absolute Gasteiger partial charge is 0.309 e. The maximum atomic E-state index is 9.92. The molecule has 3 aromatic heterocycles. The fraction of sp³-hybridized carbons (Fsp3) is 0.0870. The third-order valence-electron chi connectivity index (χ3n) is 20.5.